The lowest BCUT2D eigenvalue weighted by Gasteiger charge is -2.19. The summed E-state index contributed by atoms with van der Waals surface area (Å²) in [7, 11) is 0. The Morgan fingerprint density at radius 1 is 1.08 bits per heavy atom. The van der Waals surface area contributed by atoms with E-state index in [2.05, 4.69) is 52.8 Å². The van der Waals surface area contributed by atoms with Gasteiger partial charge in [0.1, 0.15) is 0 Å². The van der Waals surface area contributed by atoms with Crippen molar-refractivity contribution in [2.75, 3.05) is 0 Å². The van der Waals surface area contributed by atoms with Crippen molar-refractivity contribution in [1.29, 1.82) is 0 Å². The number of thioether (sulfide) groups is 1. The standard InChI is InChI=1S/C12H18S/c1-9-7-6-8-11(10(9)2)13-12(3,4)5/h6-8H,1-5H3. The van der Waals surface area contributed by atoms with Crippen molar-refractivity contribution in [3.63, 3.8) is 0 Å². The minimum absolute atomic E-state index is 0.304. The van der Waals surface area contributed by atoms with E-state index < -0.39 is 0 Å². The van der Waals surface area contributed by atoms with Gasteiger partial charge in [-0.15, -0.1) is 11.8 Å². The van der Waals surface area contributed by atoms with Crippen LogP contribution < -0.4 is 0 Å². The Labute approximate surface area is 85.7 Å². The Hall–Kier alpha value is -0.430. The topological polar surface area (TPSA) is 0 Å². The molecule has 0 radical (unpaired) electrons. The maximum Gasteiger partial charge on any atom is 0.0122 e. The first-order chi connectivity index (χ1) is 5.90. The summed E-state index contributed by atoms with van der Waals surface area (Å²) in [6.07, 6.45) is 0. The van der Waals surface area contributed by atoms with Crippen molar-refractivity contribution >= 4 is 11.8 Å². The zero-order valence-corrected chi connectivity index (χ0v) is 9.96. The van der Waals surface area contributed by atoms with Gasteiger partial charge in [-0.1, -0.05) is 32.9 Å². The Kier molecular flexibility index (Phi) is 3.07. The van der Waals surface area contributed by atoms with Gasteiger partial charge in [-0.25, -0.2) is 0 Å². The molecule has 0 aliphatic rings. The second kappa shape index (κ2) is 3.75. The smallest absolute Gasteiger partial charge is 0.0122 e. The van der Waals surface area contributed by atoms with Gasteiger partial charge in [0.25, 0.3) is 0 Å². The minimum Gasteiger partial charge on any atom is -0.120 e. The summed E-state index contributed by atoms with van der Waals surface area (Å²) in [5.74, 6) is 0. The van der Waals surface area contributed by atoms with Gasteiger partial charge in [-0.05, 0) is 31.0 Å². The average Bonchev–Trinajstić information content (AvgIpc) is 1.96. The number of benzene rings is 1. The number of hydrogen-bond acceptors (Lipinski definition) is 1. The van der Waals surface area contributed by atoms with Crippen molar-refractivity contribution in [2.45, 2.75) is 44.3 Å². The van der Waals surface area contributed by atoms with Crippen molar-refractivity contribution in [2.24, 2.45) is 0 Å². The molecule has 1 heteroatoms. The molecule has 0 N–H and O–H groups in total. The van der Waals surface area contributed by atoms with Gasteiger partial charge in [-0.3, -0.25) is 0 Å². The number of aryl methyl sites for hydroxylation is 1. The maximum atomic E-state index is 2.25. The highest BCUT2D eigenvalue weighted by atomic mass is 32.2. The Morgan fingerprint density at radius 3 is 2.23 bits per heavy atom. The van der Waals surface area contributed by atoms with E-state index in [1.54, 1.807) is 0 Å². The molecule has 0 unspecified atom stereocenters. The molecule has 0 bridgehead atoms. The first-order valence-electron chi connectivity index (χ1n) is 4.65. The molecule has 1 aromatic carbocycles. The lowest BCUT2D eigenvalue weighted by molar-refractivity contribution is 0.802. The molecule has 0 atom stereocenters. The fourth-order valence-corrected chi connectivity index (χ4v) is 2.29. The molecule has 0 saturated heterocycles. The zero-order valence-electron chi connectivity index (χ0n) is 9.14. The van der Waals surface area contributed by atoms with Gasteiger partial charge in [0.2, 0.25) is 0 Å². The lowest BCUT2D eigenvalue weighted by atomic mass is 10.1. The normalized spacial score (nSPS) is 11.8. The number of hydrogen-bond donors (Lipinski definition) is 0. The highest BCUT2D eigenvalue weighted by molar-refractivity contribution is 8.00. The van der Waals surface area contributed by atoms with E-state index in [-0.39, 0.29) is 0 Å². The van der Waals surface area contributed by atoms with Crippen LogP contribution in [0.15, 0.2) is 23.1 Å². The van der Waals surface area contributed by atoms with Crippen molar-refractivity contribution in [3.05, 3.63) is 29.3 Å². The zero-order chi connectivity index (χ0) is 10.1. The third-order valence-electron chi connectivity index (χ3n) is 1.97. The molecule has 0 fully saturated rings. The van der Waals surface area contributed by atoms with Gasteiger partial charge in [-0.2, -0.15) is 0 Å². The molecule has 1 aromatic rings. The summed E-state index contributed by atoms with van der Waals surface area (Å²) in [6, 6.07) is 6.51. The Bertz CT molecular complexity index is 294. The molecule has 0 saturated carbocycles. The van der Waals surface area contributed by atoms with Crippen LogP contribution in [0.3, 0.4) is 0 Å². The average molecular weight is 194 g/mol. The van der Waals surface area contributed by atoms with Crippen LogP contribution in [-0.4, -0.2) is 4.75 Å². The third-order valence-corrected chi connectivity index (χ3v) is 3.25. The second-order valence-corrected chi connectivity index (χ2v) is 6.28. The van der Waals surface area contributed by atoms with Crippen LogP contribution in [0.25, 0.3) is 0 Å². The molecule has 1 rings (SSSR count). The predicted molar refractivity (Wildman–Crippen MR) is 61.5 cm³/mol. The van der Waals surface area contributed by atoms with Crippen molar-refractivity contribution in [1.82, 2.24) is 0 Å². The van der Waals surface area contributed by atoms with E-state index in [0.717, 1.165) is 0 Å². The van der Waals surface area contributed by atoms with Crippen LogP contribution in [0, 0.1) is 13.8 Å². The van der Waals surface area contributed by atoms with Gasteiger partial charge in [0.15, 0.2) is 0 Å². The molecule has 0 aliphatic carbocycles. The quantitative estimate of drug-likeness (QED) is 0.604. The summed E-state index contributed by atoms with van der Waals surface area (Å²) in [5.41, 5.74) is 2.80. The minimum atomic E-state index is 0.304. The molecule has 0 amide bonds. The lowest BCUT2D eigenvalue weighted by Crippen LogP contribution is -2.07. The van der Waals surface area contributed by atoms with Crippen LogP contribution in [0.2, 0.25) is 0 Å². The van der Waals surface area contributed by atoms with Gasteiger partial charge < -0.3 is 0 Å². The monoisotopic (exact) mass is 194 g/mol. The summed E-state index contributed by atoms with van der Waals surface area (Å²) >= 11 is 1.94. The highest BCUT2D eigenvalue weighted by Crippen LogP contribution is 2.34. The third kappa shape index (κ3) is 3.07. The molecule has 72 valence electrons. The molecule has 0 aliphatic heterocycles. The summed E-state index contributed by atoms with van der Waals surface area (Å²) < 4.78 is 0.304. The van der Waals surface area contributed by atoms with Crippen LogP contribution in [0.1, 0.15) is 31.9 Å². The number of rotatable bonds is 1. The first kappa shape index (κ1) is 10.6. The second-order valence-electron chi connectivity index (χ2n) is 4.41. The van der Waals surface area contributed by atoms with E-state index in [0.29, 0.717) is 4.75 Å². The van der Waals surface area contributed by atoms with E-state index in [9.17, 15) is 0 Å². The Balaban J connectivity index is 2.96. The van der Waals surface area contributed by atoms with Crippen LogP contribution >= 0.6 is 11.8 Å². The van der Waals surface area contributed by atoms with Crippen molar-refractivity contribution in [3.8, 4) is 0 Å². The first-order valence-corrected chi connectivity index (χ1v) is 5.47. The van der Waals surface area contributed by atoms with Gasteiger partial charge >= 0.3 is 0 Å². The molecule has 0 nitrogen and oxygen atoms in total. The molecule has 0 spiro atoms. The van der Waals surface area contributed by atoms with E-state index in [1.807, 2.05) is 11.8 Å². The molecule has 0 heterocycles. The highest BCUT2D eigenvalue weighted by Gasteiger charge is 2.13. The van der Waals surface area contributed by atoms with E-state index in [1.165, 1.54) is 16.0 Å². The van der Waals surface area contributed by atoms with Crippen LogP contribution in [-0.2, 0) is 0 Å². The molecular weight excluding hydrogens is 176 g/mol. The fourth-order valence-electron chi connectivity index (χ4n) is 1.16. The molecule has 13 heavy (non-hydrogen) atoms. The van der Waals surface area contributed by atoms with Crippen LogP contribution in [0.5, 0.6) is 0 Å². The predicted octanol–water partition coefficient (Wildman–Crippen LogP) is 4.19. The SMILES string of the molecule is Cc1cccc(SC(C)(C)C)c1C. The van der Waals surface area contributed by atoms with Gasteiger partial charge in [0, 0.05) is 9.64 Å². The summed E-state index contributed by atoms with van der Waals surface area (Å²) in [4.78, 5) is 1.41. The fraction of sp³-hybridized carbons (Fsp3) is 0.500. The van der Waals surface area contributed by atoms with E-state index >= 15 is 0 Å². The molecular formula is C12H18S. The summed E-state index contributed by atoms with van der Waals surface area (Å²) in [6.45, 7) is 11.1. The van der Waals surface area contributed by atoms with E-state index in [4.69, 9.17) is 0 Å². The van der Waals surface area contributed by atoms with Gasteiger partial charge in [0.05, 0.1) is 0 Å². The van der Waals surface area contributed by atoms with Crippen molar-refractivity contribution < 1.29 is 0 Å². The van der Waals surface area contributed by atoms with Crippen LogP contribution in [0.4, 0.5) is 0 Å². The Morgan fingerprint density at radius 2 is 1.69 bits per heavy atom. The largest absolute Gasteiger partial charge is 0.120 e. The molecule has 0 aromatic heterocycles. The summed E-state index contributed by atoms with van der Waals surface area (Å²) in [5, 5.41) is 0. The maximum absolute atomic E-state index is 2.25.